The fourth-order valence-electron chi connectivity index (χ4n) is 2.26. The monoisotopic (exact) mass is 269 g/mol. The summed E-state index contributed by atoms with van der Waals surface area (Å²) in [5.74, 6) is 1.48. The highest BCUT2D eigenvalue weighted by Crippen LogP contribution is 2.14. The number of nitrogens with zero attached hydrogens (tertiary/aromatic N) is 3. The van der Waals surface area contributed by atoms with Crippen LogP contribution in [0.1, 0.15) is 19.5 Å². The lowest BCUT2D eigenvalue weighted by Gasteiger charge is -2.11. The highest BCUT2D eigenvalue weighted by Gasteiger charge is 2.05. The Hall–Kier alpha value is -2.30. The second-order valence-electron chi connectivity index (χ2n) is 5.40. The number of aromatic amines is 1. The van der Waals surface area contributed by atoms with Crippen LogP contribution in [0.4, 0.5) is 5.82 Å². The number of rotatable bonds is 5. The van der Waals surface area contributed by atoms with Gasteiger partial charge in [0.05, 0.1) is 18.6 Å². The van der Waals surface area contributed by atoms with Gasteiger partial charge in [-0.25, -0.2) is 9.97 Å². The molecule has 0 aliphatic heterocycles. The molecule has 5 nitrogen and oxygen atoms in total. The molecule has 0 saturated carbocycles. The van der Waals surface area contributed by atoms with Gasteiger partial charge in [0.15, 0.2) is 0 Å². The van der Waals surface area contributed by atoms with Gasteiger partial charge in [-0.1, -0.05) is 13.8 Å². The van der Waals surface area contributed by atoms with E-state index in [2.05, 4.69) is 44.7 Å². The highest BCUT2D eigenvalue weighted by atomic mass is 15.1. The lowest BCUT2D eigenvalue weighted by Crippen LogP contribution is -2.10. The first kappa shape index (κ1) is 12.7. The zero-order valence-corrected chi connectivity index (χ0v) is 11.8. The van der Waals surface area contributed by atoms with Gasteiger partial charge >= 0.3 is 0 Å². The van der Waals surface area contributed by atoms with Gasteiger partial charge < -0.3 is 14.9 Å². The average molecular weight is 269 g/mol. The first-order chi connectivity index (χ1) is 9.72. The van der Waals surface area contributed by atoms with Gasteiger partial charge in [-0.2, -0.15) is 0 Å². The number of hydrogen-bond donors (Lipinski definition) is 2. The Kier molecular flexibility index (Phi) is 3.41. The van der Waals surface area contributed by atoms with Crippen LogP contribution in [-0.2, 0) is 13.1 Å². The van der Waals surface area contributed by atoms with Crippen molar-refractivity contribution in [3.05, 3.63) is 42.6 Å². The van der Waals surface area contributed by atoms with Crippen LogP contribution in [-0.4, -0.2) is 19.5 Å². The summed E-state index contributed by atoms with van der Waals surface area (Å²) in [4.78, 5) is 11.9. The van der Waals surface area contributed by atoms with Crippen LogP contribution in [0.5, 0.6) is 0 Å². The van der Waals surface area contributed by atoms with E-state index in [0.717, 1.165) is 29.9 Å². The lowest BCUT2D eigenvalue weighted by atomic mass is 10.2. The fraction of sp³-hybridized carbons (Fsp3) is 0.333. The van der Waals surface area contributed by atoms with Crippen molar-refractivity contribution >= 4 is 16.9 Å². The standard InChI is InChI=1S/C15H19N5/c1-11(2)9-20-10-16-7-13(20)8-18-14-4-3-12-5-6-17-15(12)19-14/h3-7,10-11H,8-9H2,1-2H3,(H2,17,18,19). The van der Waals surface area contributed by atoms with E-state index in [4.69, 9.17) is 0 Å². The molecule has 0 saturated heterocycles. The van der Waals surface area contributed by atoms with E-state index in [1.54, 1.807) is 0 Å². The van der Waals surface area contributed by atoms with Gasteiger partial charge in [0.2, 0.25) is 0 Å². The molecule has 0 aliphatic carbocycles. The van der Waals surface area contributed by atoms with E-state index in [1.165, 1.54) is 5.69 Å². The molecule has 5 heteroatoms. The summed E-state index contributed by atoms with van der Waals surface area (Å²) >= 11 is 0. The molecule has 0 amide bonds. The number of pyridine rings is 1. The zero-order valence-electron chi connectivity index (χ0n) is 11.8. The summed E-state index contributed by atoms with van der Waals surface area (Å²) < 4.78 is 2.19. The number of anilines is 1. The number of nitrogens with one attached hydrogen (secondary N) is 2. The minimum atomic E-state index is 0.608. The largest absolute Gasteiger partial charge is 0.364 e. The molecule has 3 rings (SSSR count). The van der Waals surface area contributed by atoms with Crippen LogP contribution in [0.3, 0.4) is 0 Å². The average Bonchev–Trinajstić information content (AvgIpc) is 3.03. The molecule has 0 fully saturated rings. The third kappa shape index (κ3) is 2.66. The maximum Gasteiger partial charge on any atom is 0.139 e. The van der Waals surface area contributed by atoms with Crippen molar-refractivity contribution in [1.29, 1.82) is 0 Å². The number of imidazole rings is 1. The Labute approximate surface area is 118 Å². The predicted molar refractivity (Wildman–Crippen MR) is 80.5 cm³/mol. The molecule has 0 spiro atoms. The van der Waals surface area contributed by atoms with Gasteiger partial charge in [0.1, 0.15) is 11.5 Å². The number of H-pyrrole nitrogens is 1. The van der Waals surface area contributed by atoms with Crippen LogP contribution >= 0.6 is 0 Å². The van der Waals surface area contributed by atoms with E-state index < -0.39 is 0 Å². The van der Waals surface area contributed by atoms with Crippen molar-refractivity contribution in [1.82, 2.24) is 19.5 Å². The molecule has 0 unspecified atom stereocenters. The molecule has 0 atom stereocenters. The minimum Gasteiger partial charge on any atom is -0.364 e. The minimum absolute atomic E-state index is 0.608. The van der Waals surface area contributed by atoms with Crippen LogP contribution in [0.25, 0.3) is 11.0 Å². The van der Waals surface area contributed by atoms with E-state index in [1.807, 2.05) is 30.9 Å². The Bertz CT molecular complexity index is 695. The van der Waals surface area contributed by atoms with Crippen LogP contribution < -0.4 is 5.32 Å². The summed E-state index contributed by atoms with van der Waals surface area (Å²) in [7, 11) is 0. The fourth-order valence-corrected chi connectivity index (χ4v) is 2.26. The Morgan fingerprint density at radius 2 is 2.20 bits per heavy atom. The highest BCUT2D eigenvalue weighted by molar-refractivity contribution is 5.77. The molecule has 3 aromatic heterocycles. The maximum atomic E-state index is 4.53. The zero-order chi connectivity index (χ0) is 13.9. The molecule has 0 bridgehead atoms. The van der Waals surface area contributed by atoms with Crippen molar-refractivity contribution in [2.75, 3.05) is 5.32 Å². The van der Waals surface area contributed by atoms with Gasteiger partial charge in [0.25, 0.3) is 0 Å². The molecule has 0 radical (unpaired) electrons. The summed E-state index contributed by atoms with van der Waals surface area (Å²) in [5, 5.41) is 4.48. The smallest absolute Gasteiger partial charge is 0.139 e. The topological polar surface area (TPSA) is 58.5 Å². The van der Waals surface area contributed by atoms with Gasteiger partial charge in [0, 0.05) is 24.3 Å². The Morgan fingerprint density at radius 3 is 3.05 bits per heavy atom. The van der Waals surface area contributed by atoms with Crippen molar-refractivity contribution in [3.8, 4) is 0 Å². The van der Waals surface area contributed by atoms with Gasteiger partial charge in [-0.3, -0.25) is 0 Å². The quantitative estimate of drug-likeness (QED) is 0.748. The first-order valence-corrected chi connectivity index (χ1v) is 6.89. The third-order valence-electron chi connectivity index (χ3n) is 3.22. The van der Waals surface area contributed by atoms with Crippen LogP contribution in [0.15, 0.2) is 36.9 Å². The molecule has 2 N–H and O–H groups in total. The van der Waals surface area contributed by atoms with Crippen LogP contribution in [0.2, 0.25) is 0 Å². The number of hydrogen-bond acceptors (Lipinski definition) is 3. The number of fused-ring (bicyclic) bond motifs is 1. The molecule has 3 heterocycles. The van der Waals surface area contributed by atoms with E-state index in [0.29, 0.717) is 5.92 Å². The molecule has 20 heavy (non-hydrogen) atoms. The maximum absolute atomic E-state index is 4.53. The van der Waals surface area contributed by atoms with Gasteiger partial charge in [-0.15, -0.1) is 0 Å². The normalized spacial score (nSPS) is 11.3. The Morgan fingerprint density at radius 1 is 1.30 bits per heavy atom. The van der Waals surface area contributed by atoms with E-state index >= 15 is 0 Å². The second-order valence-corrected chi connectivity index (χ2v) is 5.40. The first-order valence-electron chi connectivity index (χ1n) is 6.89. The van der Waals surface area contributed by atoms with Crippen molar-refractivity contribution in [3.63, 3.8) is 0 Å². The van der Waals surface area contributed by atoms with Gasteiger partial charge in [-0.05, 0) is 24.1 Å². The SMILES string of the molecule is CC(C)Cn1cncc1CNc1ccc2cc[nH]c2n1. The molecular weight excluding hydrogens is 250 g/mol. The Balaban J connectivity index is 1.71. The predicted octanol–water partition coefficient (Wildman–Crippen LogP) is 3.03. The van der Waals surface area contributed by atoms with E-state index in [9.17, 15) is 0 Å². The van der Waals surface area contributed by atoms with E-state index in [-0.39, 0.29) is 0 Å². The van der Waals surface area contributed by atoms with Crippen molar-refractivity contribution < 1.29 is 0 Å². The molecular formula is C15H19N5. The third-order valence-corrected chi connectivity index (χ3v) is 3.22. The second kappa shape index (κ2) is 5.36. The molecule has 0 aliphatic rings. The summed E-state index contributed by atoms with van der Waals surface area (Å²) in [6, 6.07) is 6.08. The van der Waals surface area contributed by atoms with Crippen molar-refractivity contribution in [2.45, 2.75) is 26.9 Å². The summed E-state index contributed by atoms with van der Waals surface area (Å²) in [5.41, 5.74) is 2.08. The van der Waals surface area contributed by atoms with Crippen molar-refractivity contribution in [2.24, 2.45) is 5.92 Å². The molecule has 3 aromatic rings. The lowest BCUT2D eigenvalue weighted by molar-refractivity contribution is 0.511. The summed E-state index contributed by atoms with van der Waals surface area (Å²) in [6.45, 7) is 6.13. The molecule has 104 valence electrons. The number of aromatic nitrogens is 4. The summed E-state index contributed by atoms with van der Waals surface area (Å²) in [6.07, 6.45) is 5.69. The molecule has 0 aromatic carbocycles. The van der Waals surface area contributed by atoms with Crippen LogP contribution in [0, 0.1) is 5.92 Å².